The highest BCUT2D eigenvalue weighted by molar-refractivity contribution is 5.80. The van der Waals surface area contributed by atoms with Crippen molar-refractivity contribution in [2.75, 3.05) is 13.6 Å². The van der Waals surface area contributed by atoms with Gasteiger partial charge in [0.25, 0.3) is 0 Å². The Labute approximate surface area is 67.6 Å². The second-order valence-corrected chi connectivity index (χ2v) is 3.97. The summed E-state index contributed by atoms with van der Waals surface area (Å²) in [4.78, 5) is 13.5. The number of Topliss-reactive ketones (excluding diaryl/α,β-unsaturated/α-hetero) is 1. The molecular formula is C9H15NO. The van der Waals surface area contributed by atoms with Crippen molar-refractivity contribution in [3.63, 3.8) is 0 Å². The van der Waals surface area contributed by atoms with Gasteiger partial charge in [-0.05, 0) is 32.4 Å². The van der Waals surface area contributed by atoms with Gasteiger partial charge >= 0.3 is 0 Å². The lowest BCUT2D eigenvalue weighted by Gasteiger charge is -2.40. The lowest BCUT2D eigenvalue weighted by Crippen LogP contribution is -2.44. The van der Waals surface area contributed by atoms with Crippen LogP contribution in [0.2, 0.25) is 0 Å². The summed E-state index contributed by atoms with van der Waals surface area (Å²) in [6, 6.07) is 0.579. The van der Waals surface area contributed by atoms with E-state index >= 15 is 0 Å². The van der Waals surface area contributed by atoms with E-state index < -0.39 is 0 Å². The average Bonchev–Trinajstić information content (AvgIpc) is 1.97. The summed E-state index contributed by atoms with van der Waals surface area (Å²) in [6.07, 6.45) is 4.18. The molecule has 0 aromatic rings. The fraction of sp³-hybridized carbons (Fsp3) is 0.889. The van der Waals surface area contributed by atoms with E-state index in [-0.39, 0.29) is 0 Å². The molecule has 2 aliphatic rings. The van der Waals surface area contributed by atoms with Crippen molar-refractivity contribution in [3.8, 4) is 0 Å². The van der Waals surface area contributed by atoms with E-state index in [0.717, 1.165) is 18.8 Å². The second kappa shape index (κ2) is 2.59. The molecule has 0 aromatic heterocycles. The van der Waals surface area contributed by atoms with Crippen LogP contribution >= 0.6 is 0 Å². The molecule has 1 saturated heterocycles. The molecule has 0 N–H and O–H groups in total. The molecule has 0 aromatic carbocycles. The number of hydrogen-bond donors (Lipinski definition) is 0. The van der Waals surface area contributed by atoms with E-state index in [1.807, 2.05) is 0 Å². The first-order chi connectivity index (χ1) is 5.25. The van der Waals surface area contributed by atoms with Crippen LogP contribution in [-0.2, 0) is 4.79 Å². The van der Waals surface area contributed by atoms with Crippen molar-refractivity contribution in [1.82, 2.24) is 4.90 Å². The highest BCUT2D eigenvalue weighted by atomic mass is 16.1. The third-order valence-electron chi connectivity index (χ3n) is 3.10. The predicted molar refractivity (Wildman–Crippen MR) is 43.4 cm³/mol. The first-order valence-corrected chi connectivity index (χ1v) is 4.47. The third kappa shape index (κ3) is 1.32. The topological polar surface area (TPSA) is 20.3 Å². The van der Waals surface area contributed by atoms with Gasteiger partial charge < -0.3 is 4.90 Å². The number of fused-ring (bicyclic) bond motifs is 2. The Hall–Kier alpha value is -0.370. The lowest BCUT2D eigenvalue weighted by molar-refractivity contribution is -0.124. The standard InChI is InChI=1S/C9H15NO/c1-10-3-2-7-4-8(10)6-9(11)5-7/h7-8H,2-6H2,1H3. The number of nitrogens with zero attached hydrogens (tertiary/aromatic N) is 1. The Kier molecular flexibility index (Phi) is 1.72. The molecule has 2 fully saturated rings. The van der Waals surface area contributed by atoms with Gasteiger partial charge in [0.1, 0.15) is 5.78 Å². The van der Waals surface area contributed by atoms with Crippen molar-refractivity contribution >= 4 is 5.78 Å². The zero-order valence-corrected chi connectivity index (χ0v) is 7.05. The molecule has 2 unspecified atom stereocenters. The van der Waals surface area contributed by atoms with Gasteiger partial charge in [-0.2, -0.15) is 0 Å². The minimum absolute atomic E-state index is 0.484. The van der Waals surface area contributed by atoms with Crippen LogP contribution < -0.4 is 0 Å². The van der Waals surface area contributed by atoms with E-state index in [0.29, 0.717) is 11.8 Å². The quantitative estimate of drug-likeness (QED) is 0.518. The fourth-order valence-corrected chi connectivity index (χ4v) is 2.34. The second-order valence-electron chi connectivity index (χ2n) is 3.97. The molecule has 1 aliphatic carbocycles. The first-order valence-electron chi connectivity index (χ1n) is 4.47. The van der Waals surface area contributed by atoms with E-state index in [1.165, 1.54) is 19.4 Å². The van der Waals surface area contributed by atoms with Crippen molar-refractivity contribution in [2.45, 2.75) is 31.7 Å². The number of ketones is 1. The van der Waals surface area contributed by atoms with Gasteiger partial charge in [-0.3, -0.25) is 4.79 Å². The van der Waals surface area contributed by atoms with Crippen LogP contribution in [0, 0.1) is 5.92 Å². The van der Waals surface area contributed by atoms with Gasteiger partial charge in [0, 0.05) is 18.9 Å². The molecule has 1 saturated carbocycles. The summed E-state index contributed by atoms with van der Waals surface area (Å²) < 4.78 is 0. The van der Waals surface area contributed by atoms with Gasteiger partial charge in [0.2, 0.25) is 0 Å². The molecule has 2 bridgehead atoms. The van der Waals surface area contributed by atoms with Crippen molar-refractivity contribution in [1.29, 1.82) is 0 Å². The Bertz CT molecular complexity index is 178. The van der Waals surface area contributed by atoms with Crippen molar-refractivity contribution < 1.29 is 4.79 Å². The third-order valence-corrected chi connectivity index (χ3v) is 3.10. The van der Waals surface area contributed by atoms with Crippen LogP contribution in [0.1, 0.15) is 25.7 Å². The molecule has 0 amide bonds. The van der Waals surface area contributed by atoms with Gasteiger partial charge in [-0.15, -0.1) is 0 Å². The van der Waals surface area contributed by atoms with Crippen LogP contribution in [0.3, 0.4) is 0 Å². The smallest absolute Gasteiger partial charge is 0.134 e. The minimum atomic E-state index is 0.484. The maximum atomic E-state index is 11.2. The predicted octanol–water partition coefficient (Wildman–Crippen LogP) is 1.06. The van der Waals surface area contributed by atoms with Crippen LogP contribution in [0.5, 0.6) is 0 Å². The normalized spacial score (nSPS) is 39.2. The highest BCUT2D eigenvalue weighted by Crippen LogP contribution is 2.31. The zero-order chi connectivity index (χ0) is 7.84. The van der Waals surface area contributed by atoms with E-state index in [9.17, 15) is 4.79 Å². The first kappa shape index (κ1) is 7.29. The van der Waals surface area contributed by atoms with E-state index in [4.69, 9.17) is 0 Å². The number of piperidine rings is 1. The Morgan fingerprint density at radius 3 is 3.09 bits per heavy atom. The lowest BCUT2D eigenvalue weighted by atomic mass is 9.79. The van der Waals surface area contributed by atoms with E-state index in [1.54, 1.807) is 0 Å². The van der Waals surface area contributed by atoms with Crippen LogP contribution in [0.15, 0.2) is 0 Å². The number of carbonyl (C=O) groups excluding carboxylic acids is 1. The molecule has 2 rings (SSSR count). The van der Waals surface area contributed by atoms with Crippen LogP contribution in [0.4, 0.5) is 0 Å². The van der Waals surface area contributed by atoms with Gasteiger partial charge in [-0.1, -0.05) is 0 Å². The number of hydrogen-bond acceptors (Lipinski definition) is 2. The van der Waals surface area contributed by atoms with Crippen molar-refractivity contribution in [3.05, 3.63) is 0 Å². The van der Waals surface area contributed by atoms with Gasteiger partial charge in [0.15, 0.2) is 0 Å². The monoisotopic (exact) mass is 153 g/mol. The Morgan fingerprint density at radius 2 is 2.27 bits per heavy atom. The molecule has 62 valence electrons. The molecular weight excluding hydrogens is 138 g/mol. The summed E-state index contributed by atoms with van der Waals surface area (Å²) in [5.74, 6) is 1.20. The van der Waals surface area contributed by atoms with Gasteiger partial charge in [0.05, 0.1) is 0 Å². The highest BCUT2D eigenvalue weighted by Gasteiger charge is 2.33. The maximum Gasteiger partial charge on any atom is 0.134 e. The van der Waals surface area contributed by atoms with Crippen LogP contribution in [-0.4, -0.2) is 30.3 Å². The summed E-state index contributed by atoms with van der Waals surface area (Å²) in [5, 5.41) is 0. The SMILES string of the molecule is CN1CCC2CC(=O)CC1C2. The summed E-state index contributed by atoms with van der Waals surface area (Å²) in [7, 11) is 2.14. The molecule has 0 spiro atoms. The average molecular weight is 153 g/mol. The maximum absolute atomic E-state index is 11.2. The molecule has 2 nitrogen and oxygen atoms in total. The van der Waals surface area contributed by atoms with Crippen molar-refractivity contribution in [2.24, 2.45) is 5.92 Å². The molecule has 0 radical (unpaired) electrons. The molecule has 1 heterocycles. The summed E-state index contributed by atoms with van der Waals surface area (Å²) in [6.45, 7) is 1.20. The number of carbonyl (C=O) groups is 1. The number of rotatable bonds is 0. The summed E-state index contributed by atoms with van der Waals surface area (Å²) >= 11 is 0. The number of likely N-dealkylation sites (tertiary alicyclic amines) is 1. The minimum Gasteiger partial charge on any atom is -0.303 e. The Balaban J connectivity index is 2.08. The van der Waals surface area contributed by atoms with E-state index in [2.05, 4.69) is 11.9 Å². The van der Waals surface area contributed by atoms with Crippen LogP contribution in [0.25, 0.3) is 0 Å². The molecule has 2 heteroatoms. The molecule has 1 aliphatic heterocycles. The van der Waals surface area contributed by atoms with Gasteiger partial charge in [-0.25, -0.2) is 0 Å². The largest absolute Gasteiger partial charge is 0.303 e. The molecule has 2 atom stereocenters. The summed E-state index contributed by atoms with van der Waals surface area (Å²) in [5.41, 5.74) is 0. The zero-order valence-electron chi connectivity index (χ0n) is 7.05. The molecule has 11 heavy (non-hydrogen) atoms. The Morgan fingerprint density at radius 1 is 1.45 bits per heavy atom. The fourth-order valence-electron chi connectivity index (χ4n) is 2.34.